The number of ketones is 1. The molecule has 1 fully saturated rings. The van der Waals surface area contributed by atoms with Crippen LogP contribution in [-0.2, 0) is 4.79 Å². The molecule has 0 saturated heterocycles. The maximum absolute atomic E-state index is 11.4. The lowest BCUT2D eigenvalue weighted by molar-refractivity contribution is -0.116. The summed E-state index contributed by atoms with van der Waals surface area (Å²) in [6.45, 7) is 0. The van der Waals surface area contributed by atoms with Gasteiger partial charge in [-0.15, -0.1) is 10.2 Å². The maximum atomic E-state index is 11.4. The van der Waals surface area contributed by atoms with Gasteiger partial charge in [0.05, 0.1) is 5.25 Å². The summed E-state index contributed by atoms with van der Waals surface area (Å²) in [5.41, 5.74) is 0. The average molecular weight is 243 g/mol. The SMILES string of the molecule is CN(C)c1nnc(SC2CCCC2=O)s1. The summed E-state index contributed by atoms with van der Waals surface area (Å²) < 4.78 is 0.902. The van der Waals surface area contributed by atoms with Gasteiger partial charge < -0.3 is 4.90 Å². The van der Waals surface area contributed by atoms with E-state index in [1.165, 1.54) is 0 Å². The average Bonchev–Trinajstić information content (AvgIpc) is 2.77. The lowest BCUT2D eigenvalue weighted by Crippen LogP contribution is -2.07. The molecule has 0 aromatic carbocycles. The van der Waals surface area contributed by atoms with E-state index < -0.39 is 0 Å². The highest BCUT2D eigenvalue weighted by Gasteiger charge is 2.26. The molecule has 1 aromatic rings. The molecule has 1 heterocycles. The molecule has 1 saturated carbocycles. The molecule has 2 rings (SSSR count). The van der Waals surface area contributed by atoms with Gasteiger partial charge in [-0.05, 0) is 12.8 Å². The van der Waals surface area contributed by atoms with Crippen molar-refractivity contribution in [3.05, 3.63) is 0 Å². The molecule has 82 valence electrons. The number of rotatable bonds is 3. The van der Waals surface area contributed by atoms with Crippen molar-refractivity contribution < 1.29 is 4.79 Å². The van der Waals surface area contributed by atoms with Gasteiger partial charge in [0.2, 0.25) is 5.13 Å². The minimum Gasteiger partial charge on any atom is -0.353 e. The Labute approximate surface area is 97.1 Å². The van der Waals surface area contributed by atoms with Crippen molar-refractivity contribution in [1.29, 1.82) is 0 Å². The zero-order valence-electron chi connectivity index (χ0n) is 8.77. The molecule has 0 bridgehead atoms. The second-order valence-electron chi connectivity index (χ2n) is 3.71. The second-order valence-corrected chi connectivity index (χ2v) is 6.12. The van der Waals surface area contributed by atoms with Crippen LogP contribution in [-0.4, -0.2) is 35.3 Å². The third-order valence-corrected chi connectivity index (χ3v) is 4.76. The van der Waals surface area contributed by atoms with E-state index in [0.29, 0.717) is 5.78 Å². The lowest BCUT2D eigenvalue weighted by Gasteiger charge is -2.04. The van der Waals surface area contributed by atoms with Crippen LogP contribution in [0.25, 0.3) is 0 Å². The lowest BCUT2D eigenvalue weighted by atomic mass is 10.3. The van der Waals surface area contributed by atoms with E-state index in [-0.39, 0.29) is 5.25 Å². The fourth-order valence-corrected chi connectivity index (χ4v) is 3.59. The number of hydrogen-bond donors (Lipinski definition) is 0. The Balaban J connectivity index is 2.01. The molecule has 4 nitrogen and oxygen atoms in total. The smallest absolute Gasteiger partial charge is 0.208 e. The Morgan fingerprint density at radius 1 is 1.47 bits per heavy atom. The fourth-order valence-electron chi connectivity index (χ4n) is 1.46. The number of anilines is 1. The predicted molar refractivity (Wildman–Crippen MR) is 62.7 cm³/mol. The largest absolute Gasteiger partial charge is 0.353 e. The number of carbonyl (C=O) groups is 1. The van der Waals surface area contributed by atoms with E-state index in [9.17, 15) is 4.79 Å². The first-order valence-electron chi connectivity index (χ1n) is 4.87. The number of hydrogen-bond acceptors (Lipinski definition) is 6. The molecule has 0 amide bonds. The summed E-state index contributed by atoms with van der Waals surface area (Å²) in [4.78, 5) is 13.4. The zero-order chi connectivity index (χ0) is 10.8. The summed E-state index contributed by atoms with van der Waals surface area (Å²) in [7, 11) is 3.88. The number of Topliss-reactive ketones (excluding diaryl/α,β-unsaturated/α-hetero) is 1. The van der Waals surface area contributed by atoms with Crippen molar-refractivity contribution >= 4 is 34.0 Å². The minimum absolute atomic E-state index is 0.118. The Morgan fingerprint density at radius 2 is 2.27 bits per heavy atom. The summed E-state index contributed by atoms with van der Waals surface area (Å²) in [6, 6.07) is 0. The molecule has 0 N–H and O–H groups in total. The number of nitrogens with zero attached hydrogens (tertiary/aromatic N) is 3. The second kappa shape index (κ2) is 4.49. The van der Waals surface area contributed by atoms with E-state index in [0.717, 1.165) is 28.7 Å². The van der Waals surface area contributed by atoms with Crippen LogP contribution >= 0.6 is 23.1 Å². The van der Waals surface area contributed by atoms with Crippen LogP contribution in [0.1, 0.15) is 19.3 Å². The highest BCUT2D eigenvalue weighted by molar-refractivity contribution is 8.02. The Bertz CT molecular complexity index is 364. The van der Waals surface area contributed by atoms with Crippen LogP contribution in [0.2, 0.25) is 0 Å². The van der Waals surface area contributed by atoms with Gasteiger partial charge >= 0.3 is 0 Å². The Hall–Kier alpha value is -0.620. The van der Waals surface area contributed by atoms with Crippen molar-refractivity contribution in [3.63, 3.8) is 0 Å². The molecular formula is C9H13N3OS2. The van der Waals surface area contributed by atoms with E-state index in [4.69, 9.17) is 0 Å². The number of thioether (sulfide) groups is 1. The first-order valence-corrected chi connectivity index (χ1v) is 6.56. The van der Waals surface area contributed by atoms with E-state index in [2.05, 4.69) is 10.2 Å². The van der Waals surface area contributed by atoms with Gasteiger partial charge in [-0.1, -0.05) is 23.1 Å². The standard InChI is InChI=1S/C9H13N3OS2/c1-12(2)8-10-11-9(15-8)14-7-5-3-4-6(7)13/h7H,3-5H2,1-2H3. The molecular weight excluding hydrogens is 230 g/mol. The zero-order valence-corrected chi connectivity index (χ0v) is 10.4. The molecule has 1 aromatic heterocycles. The highest BCUT2D eigenvalue weighted by Crippen LogP contribution is 2.35. The summed E-state index contributed by atoms with van der Waals surface area (Å²) >= 11 is 3.11. The Kier molecular flexibility index (Phi) is 3.25. The van der Waals surface area contributed by atoms with E-state index >= 15 is 0 Å². The molecule has 0 radical (unpaired) electrons. The first kappa shape index (κ1) is 10.9. The van der Waals surface area contributed by atoms with Crippen LogP contribution in [0, 0.1) is 0 Å². The Morgan fingerprint density at radius 3 is 2.80 bits per heavy atom. The van der Waals surface area contributed by atoms with Gasteiger partial charge in [-0.3, -0.25) is 4.79 Å². The normalized spacial score (nSPS) is 20.9. The molecule has 1 aliphatic carbocycles. The van der Waals surface area contributed by atoms with Gasteiger partial charge in [0.25, 0.3) is 0 Å². The summed E-state index contributed by atoms with van der Waals surface area (Å²) in [6.07, 6.45) is 2.74. The number of aromatic nitrogens is 2. The monoisotopic (exact) mass is 243 g/mol. The molecule has 1 aliphatic rings. The van der Waals surface area contributed by atoms with Crippen molar-refractivity contribution in [2.75, 3.05) is 19.0 Å². The van der Waals surface area contributed by atoms with E-state index in [1.54, 1.807) is 23.1 Å². The summed E-state index contributed by atoms with van der Waals surface area (Å²) in [5.74, 6) is 0.363. The third-order valence-electron chi connectivity index (χ3n) is 2.27. The van der Waals surface area contributed by atoms with Crippen LogP contribution in [0.4, 0.5) is 5.13 Å². The molecule has 1 atom stereocenters. The van der Waals surface area contributed by atoms with Crippen molar-refractivity contribution in [1.82, 2.24) is 10.2 Å². The quantitative estimate of drug-likeness (QED) is 0.810. The van der Waals surface area contributed by atoms with Crippen molar-refractivity contribution in [3.8, 4) is 0 Å². The van der Waals surface area contributed by atoms with Crippen LogP contribution in [0.5, 0.6) is 0 Å². The topological polar surface area (TPSA) is 46.1 Å². The van der Waals surface area contributed by atoms with Crippen LogP contribution in [0.15, 0.2) is 4.34 Å². The van der Waals surface area contributed by atoms with Gasteiger partial charge in [0.15, 0.2) is 4.34 Å². The van der Waals surface area contributed by atoms with Crippen LogP contribution in [0.3, 0.4) is 0 Å². The van der Waals surface area contributed by atoms with Gasteiger partial charge in [0.1, 0.15) is 5.78 Å². The maximum Gasteiger partial charge on any atom is 0.208 e. The molecule has 1 unspecified atom stereocenters. The van der Waals surface area contributed by atoms with Crippen molar-refractivity contribution in [2.24, 2.45) is 0 Å². The minimum atomic E-state index is 0.118. The molecule has 0 spiro atoms. The molecule has 0 aliphatic heterocycles. The van der Waals surface area contributed by atoms with E-state index in [1.807, 2.05) is 19.0 Å². The predicted octanol–water partition coefficient (Wildman–Crippen LogP) is 1.82. The van der Waals surface area contributed by atoms with Gasteiger partial charge in [-0.2, -0.15) is 0 Å². The number of carbonyl (C=O) groups excluding carboxylic acids is 1. The third kappa shape index (κ3) is 2.49. The highest BCUT2D eigenvalue weighted by atomic mass is 32.2. The van der Waals surface area contributed by atoms with Crippen molar-refractivity contribution in [2.45, 2.75) is 28.9 Å². The molecule has 15 heavy (non-hydrogen) atoms. The summed E-state index contributed by atoms with van der Waals surface area (Å²) in [5, 5.41) is 9.13. The fraction of sp³-hybridized carbons (Fsp3) is 0.667. The van der Waals surface area contributed by atoms with Gasteiger partial charge in [0, 0.05) is 20.5 Å². The first-order chi connectivity index (χ1) is 7.16. The molecule has 6 heteroatoms. The van der Waals surface area contributed by atoms with Gasteiger partial charge in [-0.25, -0.2) is 0 Å². The van der Waals surface area contributed by atoms with Crippen LogP contribution < -0.4 is 4.90 Å².